The summed E-state index contributed by atoms with van der Waals surface area (Å²) in [6.07, 6.45) is 3.21. The van der Waals surface area contributed by atoms with Gasteiger partial charge in [-0.25, -0.2) is 13.2 Å². The molecule has 31 heavy (non-hydrogen) atoms. The number of anilines is 2. The first kappa shape index (κ1) is 22.8. The van der Waals surface area contributed by atoms with E-state index in [1.165, 1.54) is 18.2 Å². The molecule has 0 heterocycles. The highest BCUT2D eigenvalue weighted by Gasteiger charge is 2.23. The summed E-state index contributed by atoms with van der Waals surface area (Å²) in [7, 11) is -3.41. The number of rotatable bonds is 6. The summed E-state index contributed by atoms with van der Waals surface area (Å²) in [4.78, 5) is 24.7. The van der Waals surface area contributed by atoms with Gasteiger partial charge in [0.05, 0.1) is 11.0 Å². The number of aliphatic hydroxyl groups excluding tert-OH is 1. The van der Waals surface area contributed by atoms with Crippen molar-refractivity contribution in [1.82, 2.24) is 5.32 Å². The highest BCUT2D eigenvalue weighted by atomic mass is 32.2. The summed E-state index contributed by atoms with van der Waals surface area (Å²) < 4.78 is 23.4. The van der Waals surface area contributed by atoms with E-state index in [4.69, 9.17) is 0 Å². The van der Waals surface area contributed by atoms with Crippen molar-refractivity contribution in [2.24, 2.45) is 5.92 Å². The van der Waals surface area contributed by atoms with Gasteiger partial charge in [-0.05, 0) is 74.1 Å². The van der Waals surface area contributed by atoms with Gasteiger partial charge in [-0.15, -0.1) is 0 Å². The molecule has 1 aliphatic rings. The molecule has 3 rings (SSSR count). The van der Waals surface area contributed by atoms with Crippen LogP contribution in [0.5, 0.6) is 0 Å². The summed E-state index contributed by atoms with van der Waals surface area (Å²) in [5.41, 5.74) is 2.12. The number of hydrogen-bond donors (Lipinski definition) is 4. The Morgan fingerprint density at radius 3 is 2.52 bits per heavy atom. The normalized spacial score (nSPS) is 18.4. The third-order valence-electron chi connectivity index (χ3n) is 5.32. The van der Waals surface area contributed by atoms with Crippen molar-refractivity contribution in [2.45, 2.75) is 37.2 Å². The fraction of sp³-hybridized carbons (Fsp3) is 0.364. The number of aliphatic hydroxyl groups is 1. The van der Waals surface area contributed by atoms with E-state index in [-0.39, 0.29) is 22.6 Å². The Labute approximate surface area is 182 Å². The van der Waals surface area contributed by atoms with Crippen molar-refractivity contribution < 1.29 is 23.1 Å². The molecule has 2 aromatic rings. The zero-order chi connectivity index (χ0) is 22.6. The van der Waals surface area contributed by atoms with Crippen molar-refractivity contribution in [3.63, 3.8) is 0 Å². The second-order valence-corrected chi connectivity index (χ2v) is 9.97. The van der Waals surface area contributed by atoms with Crippen molar-refractivity contribution >= 4 is 33.2 Å². The van der Waals surface area contributed by atoms with Gasteiger partial charge in [0.15, 0.2) is 9.84 Å². The van der Waals surface area contributed by atoms with Gasteiger partial charge in [0.1, 0.15) is 0 Å². The molecule has 3 amide bonds. The fourth-order valence-electron chi connectivity index (χ4n) is 3.59. The molecule has 1 fully saturated rings. The molecule has 0 aromatic heterocycles. The van der Waals surface area contributed by atoms with Crippen LogP contribution in [0.4, 0.5) is 16.2 Å². The Kier molecular flexibility index (Phi) is 6.97. The summed E-state index contributed by atoms with van der Waals surface area (Å²) in [6.45, 7) is 2.31. The number of benzene rings is 2. The van der Waals surface area contributed by atoms with E-state index in [1.54, 1.807) is 31.2 Å². The van der Waals surface area contributed by atoms with Gasteiger partial charge < -0.3 is 21.1 Å². The topological polar surface area (TPSA) is 125 Å². The number of urea groups is 1. The van der Waals surface area contributed by atoms with Crippen LogP contribution in [-0.2, 0) is 9.84 Å². The molecular formula is C22H27N3O5S. The summed E-state index contributed by atoms with van der Waals surface area (Å²) in [6, 6.07) is 10.6. The van der Waals surface area contributed by atoms with Gasteiger partial charge in [-0.3, -0.25) is 4.79 Å². The van der Waals surface area contributed by atoms with Crippen molar-refractivity contribution in [3.05, 3.63) is 53.6 Å². The lowest BCUT2D eigenvalue weighted by molar-refractivity contribution is 0.102. The zero-order valence-electron chi connectivity index (χ0n) is 17.5. The van der Waals surface area contributed by atoms with Gasteiger partial charge in [0, 0.05) is 29.7 Å². The third kappa shape index (κ3) is 6.28. The van der Waals surface area contributed by atoms with Crippen LogP contribution in [0, 0.1) is 12.8 Å². The Morgan fingerprint density at radius 2 is 1.87 bits per heavy atom. The van der Waals surface area contributed by atoms with Crippen molar-refractivity contribution in [1.29, 1.82) is 0 Å². The van der Waals surface area contributed by atoms with E-state index in [9.17, 15) is 23.1 Å². The van der Waals surface area contributed by atoms with Crippen LogP contribution < -0.4 is 16.0 Å². The molecule has 0 radical (unpaired) electrons. The average Bonchev–Trinajstić information content (AvgIpc) is 3.13. The molecule has 4 N–H and O–H groups in total. The van der Waals surface area contributed by atoms with E-state index in [1.807, 2.05) is 0 Å². The minimum atomic E-state index is -3.41. The first-order valence-electron chi connectivity index (χ1n) is 10.1. The first-order valence-corrected chi connectivity index (χ1v) is 12.0. The predicted molar refractivity (Wildman–Crippen MR) is 119 cm³/mol. The highest BCUT2D eigenvalue weighted by molar-refractivity contribution is 7.90. The molecule has 2 unspecified atom stereocenters. The molecule has 9 heteroatoms. The van der Waals surface area contributed by atoms with Gasteiger partial charge in [-0.1, -0.05) is 6.07 Å². The van der Waals surface area contributed by atoms with Gasteiger partial charge in [-0.2, -0.15) is 0 Å². The summed E-state index contributed by atoms with van der Waals surface area (Å²) in [5, 5.41) is 17.9. The van der Waals surface area contributed by atoms with E-state index >= 15 is 0 Å². The largest absolute Gasteiger partial charge is 0.393 e. The molecule has 1 aliphatic carbocycles. The number of carbonyl (C=O) groups excluding carboxylic acids is 2. The maximum absolute atomic E-state index is 12.5. The Bertz CT molecular complexity index is 1080. The minimum Gasteiger partial charge on any atom is -0.393 e. The number of nitrogens with one attached hydrogen (secondary N) is 3. The quantitative estimate of drug-likeness (QED) is 0.544. The monoisotopic (exact) mass is 445 g/mol. The molecule has 8 nitrogen and oxygen atoms in total. The lowest BCUT2D eigenvalue weighted by Gasteiger charge is -2.14. The van der Waals surface area contributed by atoms with Gasteiger partial charge >= 0.3 is 6.03 Å². The third-order valence-corrected chi connectivity index (χ3v) is 6.43. The molecular weight excluding hydrogens is 418 g/mol. The van der Waals surface area contributed by atoms with Crippen LogP contribution in [0.25, 0.3) is 0 Å². The second kappa shape index (κ2) is 9.49. The number of carbonyl (C=O) groups is 2. The number of sulfone groups is 1. The number of aryl methyl sites for hydroxylation is 1. The number of hydrogen-bond acceptors (Lipinski definition) is 5. The van der Waals surface area contributed by atoms with E-state index in [0.29, 0.717) is 30.3 Å². The molecule has 0 spiro atoms. The molecule has 2 aromatic carbocycles. The lowest BCUT2D eigenvalue weighted by Crippen LogP contribution is -2.32. The zero-order valence-corrected chi connectivity index (χ0v) is 18.3. The van der Waals surface area contributed by atoms with Crippen LogP contribution in [0.3, 0.4) is 0 Å². The Morgan fingerprint density at radius 1 is 1.10 bits per heavy atom. The standard InChI is InChI=1S/C22H27N3O5S/c1-14-10-17(24-22(28)23-13-15-6-8-18(26)11-15)7-9-20(14)25-21(27)16-4-3-5-19(12-16)31(2,29)30/h3-5,7,9-10,12,15,18,26H,6,8,11,13H2,1-2H3,(H,25,27)(H2,23,24,28). The average molecular weight is 446 g/mol. The van der Waals surface area contributed by atoms with E-state index < -0.39 is 15.7 Å². The summed E-state index contributed by atoms with van der Waals surface area (Å²) >= 11 is 0. The smallest absolute Gasteiger partial charge is 0.319 e. The second-order valence-electron chi connectivity index (χ2n) is 7.95. The Balaban J connectivity index is 1.59. The Hall–Kier alpha value is -2.91. The van der Waals surface area contributed by atoms with Crippen LogP contribution in [0.2, 0.25) is 0 Å². The van der Waals surface area contributed by atoms with Gasteiger partial charge in [0.2, 0.25) is 0 Å². The highest BCUT2D eigenvalue weighted by Crippen LogP contribution is 2.25. The van der Waals surface area contributed by atoms with Crippen LogP contribution in [0.1, 0.15) is 35.2 Å². The maximum Gasteiger partial charge on any atom is 0.319 e. The molecule has 166 valence electrons. The first-order chi connectivity index (χ1) is 14.6. The van der Waals surface area contributed by atoms with Gasteiger partial charge in [0.25, 0.3) is 5.91 Å². The van der Waals surface area contributed by atoms with E-state index in [2.05, 4.69) is 16.0 Å². The molecule has 0 bridgehead atoms. The SMILES string of the molecule is Cc1cc(NC(=O)NCC2CCC(O)C2)ccc1NC(=O)c1cccc(S(C)(=O)=O)c1. The fourth-order valence-corrected chi connectivity index (χ4v) is 4.26. The van der Waals surface area contributed by atoms with Crippen LogP contribution >= 0.6 is 0 Å². The number of amides is 3. The van der Waals surface area contributed by atoms with Crippen LogP contribution in [0.15, 0.2) is 47.4 Å². The van der Waals surface area contributed by atoms with Crippen molar-refractivity contribution in [3.8, 4) is 0 Å². The van der Waals surface area contributed by atoms with Crippen molar-refractivity contribution in [2.75, 3.05) is 23.4 Å². The van der Waals surface area contributed by atoms with E-state index in [0.717, 1.165) is 24.7 Å². The maximum atomic E-state index is 12.5. The molecule has 0 aliphatic heterocycles. The molecule has 1 saturated carbocycles. The molecule has 2 atom stereocenters. The minimum absolute atomic E-state index is 0.0783. The van der Waals surface area contributed by atoms with Crippen LogP contribution in [-0.4, -0.2) is 44.4 Å². The lowest BCUT2D eigenvalue weighted by atomic mass is 10.1. The predicted octanol–water partition coefficient (Wildman–Crippen LogP) is 2.93. The summed E-state index contributed by atoms with van der Waals surface area (Å²) in [5.74, 6) is -0.132. The molecule has 0 saturated heterocycles.